The number of rotatable bonds is 8. The molecule has 1 unspecified atom stereocenters. The van der Waals surface area contributed by atoms with E-state index >= 15 is 0 Å². The minimum atomic E-state index is -0.783. The van der Waals surface area contributed by atoms with Gasteiger partial charge in [-0.3, -0.25) is 4.90 Å². The van der Waals surface area contributed by atoms with Crippen LogP contribution in [-0.4, -0.2) is 59.8 Å². The van der Waals surface area contributed by atoms with Crippen molar-refractivity contribution in [2.24, 2.45) is 0 Å². The third kappa shape index (κ3) is 4.39. The van der Waals surface area contributed by atoms with Crippen LogP contribution in [0.25, 0.3) is 0 Å². The summed E-state index contributed by atoms with van der Waals surface area (Å²) in [4.78, 5) is 9.87. The highest BCUT2D eigenvalue weighted by atomic mass is 19.1. The molecule has 0 radical (unpaired) electrons. The van der Waals surface area contributed by atoms with Gasteiger partial charge < -0.3 is 25.8 Å². The molecule has 0 bridgehead atoms. The first-order chi connectivity index (χ1) is 14.4. The fourth-order valence-corrected chi connectivity index (χ4v) is 3.43. The highest BCUT2D eigenvalue weighted by Crippen LogP contribution is 2.35. The van der Waals surface area contributed by atoms with Gasteiger partial charge in [0.2, 0.25) is 11.9 Å². The summed E-state index contributed by atoms with van der Waals surface area (Å²) < 4.78 is 39.6. The molecule has 0 aromatic carbocycles. The zero-order chi connectivity index (χ0) is 21.3. The maximum atomic E-state index is 14.0. The number of nitrogen functional groups attached to an aromatic ring is 1. The Morgan fingerprint density at radius 2 is 2.03 bits per heavy atom. The minimum Gasteiger partial charge on any atom is -0.486 e. The molecule has 2 aliphatic rings. The van der Waals surface area contributed by atoms with E-state index in [9.17, 15) is 8.78 Å². The van der Waals surface area contributed by atoms with Gasteiger partial charge in [-0.15, -0.1) is 0 Å². The van der Waals surface area contributed by atoms with Crippen molar-refractivity contribution in [3.63, 3.8) is 0 Å². The molecule has 3 atom stereocenters. The second-order valence-corrected chi connectivity index (χ2v) is 7.72. The van der Waals surface area contributed by atoms with Gasteiger partial charge in [-0.25, -0.2) is 0 Å². The van der Waals surface area contributed by atoms with Crippen molar-refractivity contribution in [2.75, 3.05) is 37.8 Å². The Morgan fingerprint density at radius 3 is 2.67 bits per heavy atom. The number of hydrogen-bond donors (Lipinski definition) is 3. The lowest BCUT2D eigenvalue weighted by molar-refractivity contribution is 0.0773. The average molecular weight is 420 g/mol. The molecular weight excluding hydrogens is 394 g/mol. The van der Waals surface area contributed by atoms with Crippen molar-refractivity contribution in [3.8, 4) is 11.5 Å². The molecule has 0 aliphatic carbocycles. The monoisotopic (exact) mass is 420 g/mol. The van der Waals surface area contributed by atoms with Gasteiger partial charge in [0.05, 0.1) is 5.69 Å². The lowest BCUT2D eigenvalue weighted by Gasteiger charge is -2.37. The van der Waals surface area contributed by atoms with E-state index in [0.717, 1.165) is 32.0 Å². The molecule has 2 aromatic rings. The molecule has 30 heavy (non-hydrogen) atoms. The van der Waals surface area contributed by atoms with Gasteiger partial charge in [0.1, 0.15) is 12.7 Å². The van der Waals surface area contributed by atoms with E-state index in [1.807, 2.05) is 14.0 Å². The Balaban J connectivity index is 1.57. The molecule has 10 heteroatoms. The number of aromatic nitrogens is 2. The van der Waals surface area contributed by atoms with Crippen molar-refractivity contribution in [1.29, 1.82) is 0 Å². The molecule has 4 rings (SSSR count). The summed E-state index contributed by atoms with van der Waals surface area (Å²) in [7, 11) is 2.00. The maximum Gasteiger partial charge on any atom is 0.217 e. The number of halogens is 2. The van der Waals surface area contributed by atoms with Crippen molar-refractivity contribution in [2.45, 2.75) is 38.0 Å². The van der Waals surface area contributed by atoms with Gasteiger partial charge in [0.25, 0.3) is 0 Å². The standard InChI is InChI=1S/C20H26F2N6O2/c1-11(14-5-7-24-14)30-15-3-4-16(21)25-19(15)27-20-18(13(23)9-17(22)26-20)29-10-12-6-8-28(12)2/h3-4,9,11-12,14,24H,5-8,10H2,1-2H3,(H3,23,25,26,27)/t11?,12-,14+/m1/s1. The van der Waals surface area contributed by atoms with Crippen LogP contribution in [0.15, 0.2) is 18.2 Å². The fourth-order valence-electron chi connectivity index (χ4n) is 3.43. The Kier molecular flexibility index (Phi) is 5.87. The van der Waals surface area contributed by atoms with E-state index in [0.29, 0.717) is 12.4 Å². The van der Waals surface area contributed by atoms with Gasteiger partial charge in [-0.2, -0.15) is 18.7 Å². The fraction of sp³-hybridized carbons (Fsp3) is 0.500. The third-order valence-electron chi connectivity index (χ3n) is 5.63. The summed E-state index contributed by atoms with van der Waals surface area (Å²) in [5.41, 5.74) is 6.07. The van der Waals surface area contributed by atoms with E-state index in [4.69, 9.17) is 15.2 Å². The van der Waals surface area contributed by atoms with Crippen LogP contribution in [0.3, 0.4) is 0 Å². The van der Waals surface area contributed by atoms with Gasteiger partial charge >= 0.3 is 0 Å². The van der Waals surface area contributed by atoms with Gasteiger partial charge in [0, 0.05) is 18.2 Å². The van der Waals surface area contributed by atoms with Crippen LogP contribution in [0, 0.1) is 11.9 Å². The van der Waals surface area contributed by atoms with E-state index in [1.165, 1.54) is 12.1 Å². The smallest absolute Gasteiger partial charge is 0.217 e. The molecule has 2 aromatic heterocycles. The molecule has 8 nitrogen and oxygen atoms in total. The number of nitrogens with two attached hydrogens (primary N) is 1. The molecule has 0 saturated carbocycles. The predicted octanol–water partition coefficient (Wildman–Crippen LogP) is 2.29. The molecule has 0 spiro atoms. The number of nitrogens with zero attached hydrogens (tertiary/aromatic N) is 3. The first kappa shape index (κ1) is 20.5. The van der Waals surface area contributed by atoms with Crippen molar-refractivity contribution < 1.29 is 18.3 Å². The Hall–Kier alpha value is -2.72. The van der Waals surface area contributed by atoms with Crippen LogP contribution in [0.1, 0.15) is 19.8 Å². The van der Waals surface area contributed by atoms with Crippen LogP contribution in [-0.2, 0) is 0 Å². The molecule has 2 saturated heterocycles. The van der Waals surface area contributed by atoms with Crippen LogP contribution in [0.5, 0.6) is 11.5 Å². The molecule has 162 valence electrons. The van der Waals surface area contributed by atoms with Gasteiger partial charge in [-0.1, -0.05) is 0 Å². The number of anilines is 3. The molecule has 2 fully saturated rings. The highest BCUT2D eigenvalue weighted by molar-refractivity contribution is 5.71. The Bertz CT molecular complexity index is 911. The summed E-state index contributed by atoms with van der Waals surface area (Å²) in [5, 5.41) is 6.12. The topological polar surface area (TPSA) is 97.6 Å². The first-order valence-electron chi connectivity index (χ1n) is 10.0. The third-order valence-corrected chi connectivity index (χ3v) is 5.63. The minimum absolute atomic E-state index is 0.0202. The normalized spacial score (nSPS) is 22.0. The predicted molar refractivity (Wildman–Crippen MR) is 109 cm³/mol. The van der Waals surface area contributed by atoms with E-state index in [2.05, 4.69) is 25.5 Å². The van der Waals surface area contributed by atoms with E-state index in [1.54, 1.807) is 0 Å². The van der Waals surface area contributed by atoms with Gasteiger partial charge in [0.15, 0.2) is 23.1 Å². The number of nitrogens with one attached hydrogen (secondary N) is 2. The quantitative estimate of drug-likeness (QED) is 0.560. The summed E-state index contributed by atoms with van der Waals surface area (Å²) in [5.74, 6) is -0.873. The van der Waals surface area contributed by atoms with Crippen LogP contribution < -0.4 is 25.8 Å². The summed E-state index contributed by atoms with van der Waals surface area (Å²) >= 11 is 0. The SMILES string of the molecule is CC(Oc1ccc(F)nc1Nc1nc(F)cc(N)c1OC[C@H]1CCN1C)[C@@H]1CCN1. The lowest BCUT2D eigenvalue weighted by atomic mass is 10.0. The van der Waals surface area contributed by atoms with Crippen LogP contribution >= 0.6 is 0 Å². The maximum absolute atomic E-state index is 14.0. The zero-order valence-corrected chi connectivity index (χ0v) is 17.0. The van der Waals surface area contributed by atoms with Crippen molar-refractivity contribution in [3.05, 3.63) is 30.1 Å². The molecular formula is C20H26F2N6O2. The van der Waals surface area contributed by atoms with Crippen molar-refractivity contribution in [1.82, 2.24) is 20.2 Å². The summed E-state index contributed by atoms with van der Waals surface area (Å²) in [6.45, 7) is 4.24. The Labute approximate surface area is 173 Å². The number of likely N-dealkylation sites (tertiary alicyclic amines) is 1. The lowest BCUT2D eigenvalue weighted by Crippen LogP contribution is -2.51. The number of pyridine rings is 2. The average Bonchev–Trinajstić information content (AvgIpc) is 2.63. The zero-order valence-electron chi connectivity index (χ0n) is 17.0. The summed E-state index contributed by atoms with van der Waals surface area (Å²) in [6, 6.07) is 4.24. The molecule has 4 heterocycles. The van der Waals surface area contributed by atoms with Crippen LogP contribution in [0.2, 0.25) is 0 Å². The van der Waals surface area contributed by atoms with Crippen LogP contribution in [0.4, 0.5) is 26.1 Å². The number of ether oxygens (including phenoxy) is 2. The molecule has 4 N–H and O–H groups in total. The second kappa shape index (κ2) is 8.57. The second-order valence-electron chi connectivity index (χ2n) is 7.72. The highest BCUT2D eigenvalue weighted by Gasteiger charge is 2.27. The van der Waals surface area contributed by atoms with E-state index < -0.39 is 11.9 Å². The van der Waals surface area contributed by atoms with Gasteiger partial charge in [-0.05, 0) is 52.0 Å². The largest absolute Gasteiger partial charge is 0.486 e. The molecule has 0 amide bonds. The van der Waals surface area contributed by atoms with Crippen molar-refractivity contribution >= 4 is 17.3 Å². The first-order valence-corrected chi connectivity index (χ1v) is 10.0. The van der Waals surface area contributed by atoms with E-state index in [-0.39, 0.29) is 41.3 Å². The molecule has 2 aliphatic heterocycles. The number of hydrogen-bond acceptors (Lipinski definition) is 8. The number of likely N-dealkylation sites (N-methyl/N-ethyl adjacent to an activating group) is 1. The summed E-state index contributed by atoms with van der Waals surface area (Å²) in [6.07, 6.45) is 1.85. The Morgan fingerprint density at radius 1 is 1.27 bits per heavy atom.